The van der Waals surface area contributed by atoms with Gasteiger partial charge in [-0.05, 0) is 57.7 Å². The maximum absolute atomic E-state index is 12.3. The maximum Gasteiger partial charge on any atom is 0.136 e. The number of halogens is 2. The van der Waals surface area contributed by atoms with Crippen LogP contribution in [0, 0.1) is 0 Å². The van der Waals surface area contributed by atoms with Crippen molar-refractivity contribution in [2.75, 3.05) is 0 Å². The van der Waals surface area contributed by atoms with Gasteiger partial charge < -0.3 is 4.55 Å². The molecule has 0 saturated carbocycles. The lowest BCUT2D eigenvalue weighted by molar-refractivity contribution is 0.419. The molecule has 106 valence electrons. The van der Waals surface area contributed by atoms with Crippen molar-refractivity contribution in [1.29, 1.82) is 0 Å². The van der Waals surface area contributed by atoms with Gasteiger partial charge in [0.25, 0.3) is 0 Å². The van der Waals surface area contributed by atoms with Gasteiger partial charge in [0.1, 0.15) is 15.1 Å². The van der Waals surface area contributed by atoms with Gasteiger partial charge in [0.2, 0.25) is 0 Å². The molecule has 3 nitrogen and oxygen atoms in total. The zero-order valence-electron chi connectivity index (χ0n) is 11.5. The van der Waals surface area contributed by atoms with Crippen LogP contribution >= 0.6 is 23.2 Å². The average molecular weight is 321 g/mol. The number of aromatic nitrogens is 1. The zero-order valence-corrected chi connectivity index (χ0v) is 13.8. The number of fused-ring (bicyclic) bond motifs is 1. The molecule has 1 heterocycles. The van der Waals surface area contributed by atoms with Crippen molar-refractivity contribution < 1.29 is 4.55 Å². The topological polar surface area (TPSA) is 48.0 Å². The van der Waals surface area contributed by atoms with E-state index in [-0.39, 0.29) is 10.3 Å². The van der Waals surface area contributed by atoms with Crippen molar-refractivity contribution >= 4 is 34.6 Å². The molecule has 0 aromatic carbocycles. The first-order valence-electron chi connectivity index (χ1n) is 6.18. The number of nitrogens with one attached hydrogen (secondary N) is 1. The number of hydrogen-bond acceptors (Lipinski definition) is 3. The van der Waals surface area contributed by atoms with Crippen LogP contribution < -0.4 is 4.72 Å². The van der Waals surface area contributed by atoms with E-state index in [9.17, 15) is 4.55 Å². The Morgan fingerprint density at radius 1 is 1.42 bits per heavy atom. The Morgan fingerprint density at radius 2 is 2.05 bits per heavy atom. The molecule has 19 heavy (non-hydrogen) atoms. The van der Waals surface area contributed by atoms with Crippen LogP contribution in [0.4, 0.5) is 0 Å². The Labute approximate surface area is 127 Å². The molecule has 1 aliphatic rings. The van der Waals surface area contributed by atoms with Crippen molar-refractivity contribution in [2.24, 2.45) is 0 Å². The fourth-order valence-electron chi connectivity index (χ4n) is 2.21. The van der Waals surface area contributed by atoms with Gasteiger partial charge in [0.05, 0.1) is 5.54 Å². The number of hydrogen-bond donors (Lipinski definition) is 1. The quantitative estimate of drug-likeness (QED) is 0.669. The lowest BCUT2D eigenvalue weighted by Crippen LogP contribution is -2.48. The minimum Gasteiger partial charge on any atom is -0.598 e. The molecule has 2 unspecified atom stereocenters. The molecule has 2 rings (SSSR count). The van der Waals surface area contributed by atoms with Gasteiger partial charge >= 0.3 is 0 Å². The lowest BCUT2D eigenvalue weighted by Gasteiger charge is -2.32. The van der Waals surface area contributed by atoms with Crippen LogP contribution in [0.15, 0.2) is 6.07 Å². The summed E-state index contributed by atoms with van der Waals surface area (Å²) in [6.45, 7) is 7.88. The summed E-state index contributed by atoms with van der Waals surface area (Å²) >= 11 is 11.0. The summed E-state index contributed by atoms with van der Waals surface area (Å²) in [5.74, 6) is 0. The van der Waals surface area contributed by atoms with Crippen molar-refractivity contribution in [1.82, 2.24) is 9.71 Å². The summed E-state index contributed by atoms with van der Waals surface area (Å²) in [6.07, 6.45) is 1.66. The van der Waals surface area contributed by atoms with Crippen LogP contribution in [0.5, 0.6) is 0 Å². The largest absolute Gasteiger partial charge is 0.598 e. The third-order valence-corrected chi connectivity index (χ3v) is 5.64. The van der Waals surface area contributed by atoms with Gasteiger partial charge in [-0.2, -0.15) is 0 Å². The fourth-order valence-corrected chi connectivity index (χ4v) is 3.67. The molecule has 0 spiro atoms. The number of pyridine rings is 1. The molecule has 0 bridgehead atoms. The first-order chi connectivity index (χ1) is 8.63. The van der Waals surface area contributed by atoms with E-state index in [0.29, 0.717) is 10.3 Å². The van der Waals surface area contributed by atoms with E-state index in [1.165, 1.54) is 0 Å². The van der Waals surface area contributed by atoms with E-state index in [1.807, 2.05) is 33.8 Å². The number of rotatable bonds is 2. The molecule has 0 amide bonds. The first-order valence-corrected chi connectivity index (χ1v) is 8.09. The monoisotopic (exact) mass is 320 g/mol. The fraction of sp³-hybridized carbons (Fsp3) is 0.615. The van der Waals surface area contributed by atoms with Crippen LogP contribution in [0.2, 0.25) is 10.3 Å². The molecule has 1 N–H and O–H groups in total. The van der Waals surface area contributed by atoms with E-state index in [1.54, 1.807) is 0 Å². The molecule has 0 saturated heterocycles. The van der Waals surface area contributed by atoms with Crippen LogP contribution in [0.25, 0.3) is 0 Å². The van der Waals surface area contributed by atoms with Gasteiger partial charge in [0.15, 0.2) is 0 Å². The Bertz CT molecular complexity index is 504. The van der Waals surface area contributed by atoms with Crippen LogP contribution in [0.1, 0.15) is 45.2 Å². The standard InChI is InChI=1S/C13H18Cl2N2OS/c1-12(2,3)19(18)17-13(4)6-5-8-9(13)7-10(14)16-11(8)15/h7,17H,5-6H2,1-4H3. The highest BCUT2D eigenvalue weighted by atomic mass is 35.5. The normalized spacial score (nSPS) is 24.4. The summed E-state index contributed by atoms with van der Waals surface area (Å²) in [5.41, 5.74) is 1.64. The van der Waals surface area contributed by atoms with Gasteiger partial charge in [-0.15, -0.1) is 4.72 Å². The predicted molar refractivity (Wildman–Crippen MR) is 81.0 cm³/mol. The van der Waals surface area contributed by atoms with Gasteiger partial charge in [-0.25, -0.2) is 4.98 Å². The summed E-state index contributed by atoms with van der Waals surface area (Å²) in [6, 6.07) is 1.82. The predicted octanol–water partition coefficient (Wildman–Crippen LogP) is 3.60. The summed E-state index contributed by atoms with van der Waals surface area (Å²) in [5, 5.41) is 0.829. The van der Waals surface area contributed by atoms with E-state index >= 15 is 0 Å². The molecule has 6 heteroatoms. The molecular formula is C13H18Cl2N2OS. The van der Waals surface area contributed by atoms with Crippen molar-refractivity contribution in [3.63, 3.8) is 0 Å². The van der Waals surface area contributed by atoms with Gasteiger partial charge in [-0.3, -0.25) is 0 Å². The maximum atomic E-state index is 12.3. The Balaban J connectivity index is 2.35. The third kappa shape index (κ3) is 3.03. The Kier molecular flexibility index (Phi) is 4.11. The molecular weight excluding hydrogens is 303 g/mol. The summed E-state index contributed by atoms with van der Waals surface area (Å²) < 4.78 is 15.2. The summed E-state index contributed by atoms with van der Waals surface area (Å²) in [7, 11) is 0. The minimum absolute atomic E-state index is 0.313. The second kappa shape index (κ2) is 5.08. The van der Waals surface area contributed by atoms with E-state index in [2.05, 4.69) is 9.71 Å². The Morgan fingerprint density at radius 3 is 2.63 bits per heavy atom. The molecule has 2 atom stereocenters. The van der Waals surface area contributed by atoms with Crippen LogP contribution in [-0.4, -0.2) is 14.3 Å². The molecule has 0 aliphatic heterocycles. The zero-order chi connectivity index (χ0) is 14.4. The van der Waals surface area contributed by atoms with E-state index in [4.69, 9.17) is 23.2 Å². The second-order valence-corrected chi connectivity index (χ2v) is 8.79. The van der Waals surface area contributed by atoms with Gasteiger partial charge in [0, 0.05) is 11.4 Å². The highest BCUT2D eigenvalue weighted by Gasteiger charge is 2.42. The van der Waals surface area contributed by atoms with Crippen molar-refractivity contribution in [2.45, 2.75) is 50.8 Å². The molecule has 0 radical (unpaired) electrons. The highest BCUT2D eigenvalue weighted by molar-refractivity contribution is 7.90. The van der Waals surface area contributed by atoms with Crippen molar-refractivity contribution in [3.05, 3.63) is 27.5 Å². The van der Waals surface area contributed by atoms with E-state index in [0.717, 1.165) is 24.0 Å². The molecule has 1 aromatic heterocycles. The minimum atomic E-state index is -1.14. The lowest BCUT2D eigenvalue weighted by atomic mass is 9.97. The van der Waals surface area contributed by atoms with Crippen LogP contribution in [0.3, 0.4) is 0 Å². The average Bonchev–Trinajstić information content (AvgIpc) is 2.55. The van der Waals surface area contributed by atoms with Crippen molar-refractivity contribution in [3.8, 4) is 0 Å². The molecule has 1 aromatic rings. The van der Waals surface area contributed by atoms with E-state index < -0.39 is 11.4 Å². The second-order valence-electron chi connectivity index (χ2n) is 6.08. The number of nitrogens with zero attached hydrogens (tertiary/aromatic N) is 1. The SMILES string of the molecule is CC1(N[S+]([O-])C(C)(C)C)CCc2c1cc(Cl)nc2Cl. The smallest absolute Gasteiger partial charge is 0.136 e. The van der Waals surface area contributed by atoms with Gasteiger partial charge in [-0.1, -0.05) is 23.2 Å². The molecule has 0 fully saturated rings. The first kappa shape index (κ1) is 15.4. The summed E-state index contributed by atoms with van der Waals surface area (Å²) in [4.78, 5) is 4.07. The highest BCUT2D eigenvalue weighted by Crippen LogP contribution is 2.41. The molecule has 1 aliphatic carbocycles. The third-order valence-electron chi connectivity index (χ3n) is 3.39. The van der Waals surface area contributed by atoms with Crippen LogP contribution in [-0.2, 0) is 23.3 Å². The Hall–Kier alpha value is -0.0000000000000000555.